The largest absolute Gasteiger partial charge is 0.436 e. The van der Waals surface area contributed by atoms with Gasteiger partial charge in [-0.3, -0.25) is 0 Å². The van der Waals surface area contributed by atoms with Crippen LogP contribution in [0.3, 0.4) is 0 Å². The zero-order valence-electron chi connectivity index (χ0n) is 4.57. The fourth-order valence-corrected chi connectivity index (χ4v) is 0.316. The third kappa shape index (κ3) is 3.96. The SMILES string of the molecule is CCCC[OH+]C. The van der Waals surface area contributed by atoms with Crippen LogP contribution in [0.25, 0.3) is 0 Å². The van der Waals surface area contributed by atoms with E-state index in [1.165, 1.54) is 12.8 Å². The topological polar surface area (TPSA) is 12.8 Å². The summed E-state index contributed by atoms with van der Waals surface area (Å²) in [6, 6.07) is 0. The Morgan fingerprint density at radius 3 is 2.33 bits per heavy atom. The summed E-state index contributed by atoms with van der Waals surface area (Å²) in [5.74, 6) is 0. The first-order chi connectivity index (χ1) is 2.91. The van der Waals surface area contributed by atoms with Crippen molar-refractivity contribution in [2.45, 2.75) is 19.8 Å². The van der Waals surface area contributed by atoms with Gasteiger partial charge in [0.15, 0.2) is 0 Å². The van der Waals surface area contributed by atoms with E-state index in [0.29, 0.717) is 0 Å². The van der Waals surface area contributed by atoms with Crippen molar-refractivity contribution >= 4 is 0 Å². The number of unbranched alkanes of at least 4 members (excludes halogenated alkanes) is 1. The fourth-order valence-electron chi connectivity index (χ4n) is 0.316. The molecule has 1 nitrogen and oxygen atoms in total. The van der Waals surface area contributed by atoms with E-state index in [-0.39, 0.29) is 0 Å². The van der Waals surface area contributed by atoms with Crippen LogP contribution in [0.15, 0.2) is 0 Å². The molecule has 0 bridgehead atoms. The molecule has 0 aromatic rings. The third-order valence-electron chi connectivity index (χ3n) is 0.735. The molecule has 0 amide bonds. The van der Waals surface area contributed by atoms with Gasteiger partial charge in [0.25, 0.3) is 0 Å². The Hall–Kier alpha value is -0.0400. The maximum Gasteiger partial charge on any atom is 0.144 e. The normalized spacial score (nSPS) is 9.00. The molecule has 0 atom stereocenters. The predicted molar refractivity (Wildman–Crippen MR) is 27.9 cm³/mol. The summed E-state index contributed by atoms with van der Waals surface area (Å²) in [5.41, 5.74) is 0. The van der Waals surface area contributed by atoms with Crippen LogP contribution in [0.1, 0.15) is 19.8 Å². The number of hydrogen-bond donors (Lipinski definition) is 0. The predicted octanol–water partition coefficient (Wildman–Crippen LogP) is 0.944. The van der Waals surface area contributed by atoms with Crippen molar-refractivity contribution in [2.75, 3.05) is 13.7 Å². The van der Waals surface area contributed by atoms with E-state index in [2.05, 4.69) is 11.7 Å². The van der Waals surface area contributed by atoms with Crippen molar-refractivity contribution in [1.29, 1.82) is 0 Å². The molecule has 1 N–H and O–H groups in total. The van der Waals surface area contributed by atoms with Gasteiger partial charge in [0.2, 0.25) is 0 Å². The van der Waals surface area contributed by atoms with Crippen LogP contribution in [0.2, 0.25) is 0 Å². The molecule has 0 fully saturated rings. The van der Waals surface area contributed by atoms with E-state index in [4.69, 9.17) is 0 Å². The summed E-state index contributed by atoms with van der Waals surface area (Å²) in [6.45, 7) is 3.21. The summed E-state index contributed by atoms with van der Waals surface area (Å²) in [7, 11) is 1.86. The molecule has 0 unspecified atom stereocenters. The highest BCUT2D eigenvalue weighted by Crippen LogP contribution is 1.81. The van der Waals surface area contributed by atoms with E-state index < -0.39 is 0 Å². The molecule has 0 heterocycles. The molecule has 0 aliphatic heterocycles. The van der Waals surface area contributed by atoms with Crippen LogP contribution in [0, 0.1) is 0 Å². The Labute approximate surface area is 39.3 Å². The zero-order chi connectivity index (χ0) is 4.83. The van der Waals surface area contributed by atoms with Gasteiger partial charge in [-0.2, -0.15) is 0 Å². The maximum atomic E-state index is 3.93. The summed E-state index contributed by atoms with van der Waals surface area (Å²) < 4.78 is 3.93. The van der Waals surface area contributed by atoms with Crippen LogP contribution in [-0.4, -0.2) is 18.5 Å². The molecule has 0 aliphatic rings. The van der Waals surface area contributed by atoms with Gasteiger partial charge in [-0.1, -0.05) is 6.92 Å². The molecule has 0 saturated heterocycles. The van der Waals surface area contributed by atoms with Crippen molar-refractivity contribution < 1.29 is 4.74 Å². The van der Waals surface area contributed by atoms with Crippen molar-refractivity contribution in [1.82, 2.24) is 0 Å². The molecule has 0 aromatic carbocycles. The number of rotatable bonds is 3. The first-order valence-corrected chi connectivity index (χ1v) is 2.47. The molecule has 6 heavy (non-hydrogen) atoms. The Kier molecular flexibility index (Phi) is 4.93. The molecule has 0 aromatic heterocycles. The second kappa shape index (κ2) is 4.96. The lowest BCUT2D eigenvalue weighted by Gasteiger charge is -1.86. The van der Waals surface area contributed by atoms with Crippen LogP contribution in [-0.2, 0) is 0 Å². The highest BCUT2D eigenvalue weighted by Gasteiger charge is 1.78. The number of hydrogen-bond acceptors (Lipinski definition) is 0. The summed E-state index contributed by atoms with van der Waals surface area (Å²) >= 11 is 0. The molecular weight excluding hydrogens is 76.1 g/mol. The van der Waals surface area contributed by atoms with Gasteiger partial charge < -0.3 is 4.74 Å². The lowest BCUT2D eigenvalue weighted by molar-refractivity contribution is 0.0134. The van der Waals surface area contributed by atoms with E-state index >= 15 is 0 Å². The van der Waals surface area contributed by atoms with Crippen molar-refractivity contribution in [3.63, 3.8) is 0 Å². The Morgan fingerprint density at radius 1 is 1.50 bits per heavy atom. The molecular formula is C5H13O+. The monoisotopic (exact) mass is 89.1 g/mol. The highest BCUT2D eigenvalue weighted by molar-refractivity contribution is 4.25. The van der Waals surface area contributed by atoms with Gasteiger partial charge in [-0.05, 0) is 6.42 Å². The second-order valence-electron chi connectivity index (χ2n) is 1.39. The molecule has 0 rings (SSSR count). The molecule has 1 heteroatoms. The van der Waals surface area contributed by atoms with Gasteiger partial charge in [-0.15, -0.1) is 0 Å². The van der Waals surface area contributed by atoms with Gasteiger partial charge in [0.05, 0.1) is 0 Å². The molecule has 0 saturated carbocycles. The summed E-state index contributed by atoms with van der Waals surface area (Å²) in [6.07, 6.45) is 2.51. The molecule has 0 aliphatic carbocycles. The van der Waals surface area contributed by atoms with E-state index in [1.54, 1.807) is 0 Å². The number of ether oxygens (including phenoxy) is 1. The van der Waals surface area contributed by atoms with E-state index in [1.807, 2.05) is 7.11 Å². The van der Waals surface area contributed by atoms with Gasteiger partial charge in [0, 0.05) is 6.42 Å². The Morgan fingerprint density at radius 2 is 2.17 bits per heavy atom. The smallest absolute Gasteiger partial charge is 0.144 e. The first-order valence-electron chi connectivity index (χ1n) is 2.47. The quantitative estimate of drug-likeness (QED) is 0.360. The molecule has 38 valence electrons. The summed E-state index contributed by atoms with van der Waals surface area (Å²) in [5, 5.41) is 0. The Bertz CT molecular complexity index is 15.9. The minimum atomic E-state index is 1.04. The average molecular weight is 89.2 g/mol. The van der Waals surface area contributed by atoms with Crippen LogP contribution in [0.5, 0.6) is 0 Å². The lowest BCUT2D eigenvalue weighted by Crippen LogP contribution is -1.90. The Balaban J connectivity index is 2.34. The van der Waals surface area contributed by atoms with Gasteiger partial charge >= 0.3 is 0 Å². The molecule has 0 spiro atoms. The third-order valence-corrected chi connectivity index (χ3v) is 0.735. The highest BCUT2D eigenvalue weighted by atomic mass is 16.5. The van der Waals surface area contributed by atoms with Gasteiger partial charge in [0.1, 0.15) is 13.7 Å². The standard InChI is InChI=1S/C5H12O/c1-3-4-5-6-2/h3-5H2,1-2H3/p+1. The minimum absolute atomic E-state index is 1.04. The fraction of sp³-hybridized carbons (Fsp3) is 1.00. The zero-order valence-corrected chi connectivity index (χ0v) is 4.57. The van der Waals surface area contributed by atoms with E-state index in [0.717, 1.165) is 6.61 Å². The van der Waals surface area contributed by atoms with Crippen LogP contribution in [0.4, 0.5) is 0 Å². The maximum absolute atomic E-state index is 3.93. The second-order valence-corrected chi connectivity index (χ2v) is 1.39. The average Bonchev–Trinajstić information content (AvgIpc) is 1.61. The van der Waals surface area contributed by atoms with E-state index in [9.17, 15) is 0 Å². The lowest BCUT2D eigenvalue weighted by atomic mass is 10.4. The first kappa shape index (κ1) is 5.96. The van der Waals surface area contributed by atoms with Crippen molar-refractivity contribution in [3.8, 4) is 0 Å². The van der Waals surface area contributed by atoms with Crippen molar-refractivity contribution in [2.24, 2.45) is 0 Å². The van der Waals surface area contributed by atoms with Crippen LogP contribution < -0.4 is 0 Å². The van der Waals surface area contributed by atoms with Crippen molar-refractivity contribution in [3.05, 3.63) is 0 Å². The van der Waals surface area contributed by atoms with Crippen LogP contribution >= 0.6 is 0 Å². The van der Waals surface area contributed by atoms with Gasteiger partial charge in [-0.25, -0.2) is 0 Å². The number of aliphatic hydroxyl groups is 2. The minimum Gasteiger partial charge on any atom is -0.436 e. The summed E-state index contributed by atoms with van der Waals surface area (Å²) in [4.78, 5) is 0. The molecule has 0 radical (unpaired) electrons.